The largest absolute Gasteiger partial charge is 0.341 e. The van der Waals surface area contributed by atoms with Crippen molar-refractivity contribution in [3.63, 3.8) is 0 Å². The van der Waals surface area contributed by atoms with Gasteiger partial charge in [0, 0.05) is 5.02 Å². The van der Waals surface area contributed by atoms with Gasteiger partial charge in [-0.25, -0.2) is 4.98 Å². The number of benzene rings is 1. The number of H-pyrrole nitrogens is 1. The highest BCUT2D eigenvalue weighted by molar-refractivity contribution is 6.31. The van der Waals surface area contributed by atoms with Crippen LogP contribution in [-0.2, 0) is 6.54 Å². The fourth-order valence-electron chi connectivity index (χ4n) is 1.71. The molecular weight excluding hydrogens is 254 g/mol. The quantitative estimate of drug-likeness (QED) is 0.732. The number of rotatable bonds is 3. The molecule has 3 aromatic rings. The molecule has 7 nitrogen and oxygen atoms in total. The van der Waals surface area contributed by atoms with E-state index in [1.165, 1.54) is 11.1 Å². The molecule has 0 spiro atoms. The lowest BCUT2D eigenvalue weighted by Gasteiger charge is -2.06. The molecule has 3 rings (SSSR count). The van der Waals surface area contributed by atoms with E-state index in [0.29, 0.717) is 17.4 Å². The Balaban J connectivity index is 1.89. The molecule has 0 fully saturated rings. The summed E-state index contributed by atoms with van der Waals surface area (Å²) in [6.07, 6.45) is 1.37. The van der Waals surface area contributed by atoms with Gasteiger partial charge in [0.15, 0.2) is 6.33 Å². The van der Waals surface area contributed by atoms with Crippen LogP contribution < -0.4 is 5.73 Å². The molecule has 0 radical (unpaired) electrons. The number of aromatic amines is 1. The van der Waals surface area contributed by atoms with E-state index in [1.54, 1.807) is 12.1 Å². The van der Waals surface area contributed by atoms with Gasteiger partial charge in [0.1, 0.15) is 5.82 Å². The molecule has 0 aliphatic rings. The average molecular weight is 264 g/mol. The molecule has 8 heteroatoms. The van der Waals surface area contributed by atoms with Crippen LogP contribution in [0.2, 0.25) is 5.02 Å². The first-order valence-electron chi connectivity index (χ1n) is 5.34. The first-order chi connectivity index (χ1) is 8.72. The maximum atomic E-state index is 6.03. The first-order valence-corrected chi connectivity index (χ1v) is 5.72. The van der Waals surface area contributed by atoms with Gasteiger partial charge < -0.3 is 10.7 Å². The topological polar surface area (TPSA) is 98.3 Å². The summed E-state index contributed by atoms with van der Waals surface area (Å²) < 4.78 is 0. The molecule has 0 amide bonds. The molecule has 0 bridgehead atoms. The Kier molecular flexibility index (Phi) is 2.69. The van der Waals surface area contributed by atoms with Crippen LogP contribution in [0.3, 0.4) is 0 Å². The summed E-state index contributed by atoms with van der Waals surface area (Å²) in [6.45, 7) is 0.410. The van der Waals surface area contributed by atoms with Gasteiger partial charge in [-0.1, -0.05) is 11.6 Å². The monoisotopic (exact) mass is 263 g/mol. The molecule has 1 aromatic carbocycles. The summed E-state index contributed by atoms with van der Waals surface area (Å²) in [4.78, 5) is 8.97. The molecule has 2 aromatic heterocycles. The summed E-state index contributed by atoms with van der Waals surface area (Å²) in [5.41, 5.74) is 7.72. The van der Waals surface area contributed by atoms with Crippen molar-refractivity contribution in [2.24, 2.45) is 5.73 Å². The first kappa shape index (κ1) is 11.1. The third-order valence-electron chi connectivity index (χ3n) is 2.57. The molecule has 3 N–H and O–H groups in total. The van der Waals surface area contributed by atoms with Gasteiger partial charge >= 0.3 is 0 Å². The Morgan fingerprint density at radius 2 is 2.33 bits per heavy atom. The third kappa shape index (κ3) is 2.05. The molecule has 2 heterocycles. The number of hydrogen-bond donors (Lipinski definition) is 2. The number of nitrogens with one attached hydrogen (secondary N) is 1. The van der Waals surface area contributed by atoms with Crippen LogP contribution >= 0.6 is 11.6 Å². The van der Waals surface area contributed by atoms with Crippen molar-refractivity contribution in [1.82, 2.24) is 30.2 Å². The Morgan fingerprint density at radius 3 is 3.11 bits per heavy atom. The molecule has 0 unspecified atom stereocenters. The second-order valence-corrected chi connectivity index (χ2v) is 4.32. The highest BCUT2D eigenvalue weighted by Crippen LogP contribution is 2.19. The van der Waals surface area contributed by atoms with Gasteiger partial charge in [-0.05, 0) is 23.4 Å². The van der Waals surface area contributed by atoms with E-state index in [2.05, 4.69) is 25.4 Å². The van der Waals surface area contributed by atoms with Crippen LogP contribution in [0.5, 0.6) is 0 Å². The standard InChI is InChI=1S/C10H10ClN7/c11-6-1-2-8-9(3-6)16-10(15-8)7(12)4-18-14-5-13-17-18/h1-3,5,7H,4,12H2,(H,15,16)/t7-/m0/s1. The maximum absolute atomic E-state index is 6.03. The van der Waals surface area contributed by atoms with Crippen molar-refractivity contribution in [3.05, 3.63) is 35.4 Å². The summed E-state index contributed by atoms with van der Waals surface area (Å²) >= 11 is 5.91. The number of imidazole rings is 1. The molecule has 0 aliphatic carbocycles. The van der Waals surface area contributed by atoms with Crippen LogP contribution in [0.4, 0.5) is 0 Å². The van der Waals surface area contributed by atoms with Crippen molar-refractivity contribution in [1.29, 1.82) is 0 Å². The lowest BCUT2D eigenvalue weighted by Crippen LogP contribution is -2.20. The fourth-order valence-corrected chi connectivity index (χ4v) is 1.88. The molecule has 0 saturated carbocycles. The van der Waals surface area contributed by atoms with Crippen molar-refractivity contribution >= 4 is 22.6 Å². The van der Waals surface area contributed by atoms with E-state index in [4.69, 9.17) is 17.3 Å². The van der Waals surface area contributed by atoms with Crippen LogP contribution in [0.25, 0.3) is 11.0 Å². The van der Waals surface area contributed by atoms with E-state index >= 15 is 0 Å². The predicted octanol–water partition coefficient (Wildman–Crippen LogP) is 0.903. The van der Waals surface area contributed by atoms with Crippen LogP contribution in [0.1, 0.15) is 11.9 Å². The Morgan fingerprint density at radius 1 is 1.44 bits per heavy atom. The number of tetrazole rings is 1. The third-order valence-corrected chi connectivity index (χ3v) is 2.80. The van der Waals surface area contributed by atoms with Crippen molar-refractivity contribution in [2.75, 3.05) is 0 Å². The van der Waals surface area contributed by atoms with Gasteiger partial charge in [0.05, 0.1) is 23.6 Å². The van der Waals surface area contributed by atoms with Crippen LogP contribution in [0.15, 0.2) is 24.5 Å². The number of hydrogen-bond acceptors (Lipinski definition) is 5. The van der Waals surface area contributed by atoms with E-state index in [1.807, 2.05) is 6.07 Å². The molecule has 0 saturated heterocycles. The highest BCUT2D eigenvalue weighted by atomic mass is 35.5. The van der Waals surface area contributed by atoms with Crippen LogP contribution in [0, 0.1) is 0 Å². The molecule has 1 atom stereocenters. The molecule has 18 heavy (non-hydrogen) atoms. The molecule has 92 valence electrons. The minimum atomic E-state index is -0.328. The summed E-state index contributed by atoms with van der Waals surface area (Å²) in [6, 6.07) is 5.13. The minimum Gasteiger partial charge on any atom is -0.341 e. The van der Waals surface area contributed by atoms with Gasteiger partial charge in [-0.15, -0.1) is 10.2 Å². The van der Waals surface area contributed by atoms with Crippen LogP contribution in [-0.4, -0.2) is 30.2 Å². The lowest BCUT2D eigenvalue weighted by atomic mass is 10.3. The van der Waals surface area contributed by atoms with E-state index in [-0.39, 0.29) is 6.04 Å². The molecular formula is C10H10ClN7. The second kappa shape index (κ2) is 4.35. The van der Waals surface area contributed by atoms with Gasteiger partial charge in [-0.3, -0.25) is 0 Å². The van der Waals surface area contributed by atoms with Crippen molar-refractivity contribution < 1.29 is 0 Å². The van der Waals surface area contributed by atoms with Gasteiger partial charge in [0.25, 0.3) is 0 Å². The maximum Gasteiger partial charge on any atom is 0.162 e. The Bertz CT molecular complexity index is 660. The minimum absolute atomic E-state index is 0.328. The van der Waals surface area contributed by atoms with Gasteiger partial charge in [-0.2, -0.15) is 4.80 Å². The van der Waals surface area contributed by atoms with E-state index < -0.39 is 0 Å². The second-order valence-electron chi connectivity index (χ2n) is 3.88. The molecule has 0 aliphatic heterocycles. The van der Waals surface area contributed by atoms with Crippen molar-refractivity contribution in [3.8, 4) is 0 Å². The fraction of sp³-hybridized carbons (Fsp3) is 0.200. The zero-order valence-corrected chi connectivity index (χ0v) is 10.0. The number of aromatic nitrogens is 6. The van der Waals surface area contributed by atoms with E-state index in [0.717, 1.165) is 11.0 Å². The Labute approximate surface area is 107 Å². The van der Waals surface area contributed by atoms with Gasteiger partial charge in [0.2, 0.25) is 0 Å². The highest BCUT2D eigenvalue weighted by Gasteiger charge is 2.13. The zero-order valence-electron chi connectivity index (χ0n) is 9.29. The number of nitrogens with zero attached hydrogens (tertiary/aromatic N) is 5. The average Bonchev–Trinajstić information content (AvgIpc) is 2.96. The zero-order chi connectivity index (χ0) is 12.5. The Hall–Kier alpha value is -1.99. The smallest absolute Gasteiger partial charge is 0.162 e. The summed E-state index contributed by atoms with van der Waals surface area (Å²) in [5.74, 6) is 0.671. The van der Waals surface area contributed by atoms with E-state index in [9.17, 15) is 0 Å². The SMILES string of the molecule is N[C@@H](Cn1ncnn1)c1nc2cc(Cl)ccc2[nH]1. The normalized spacial score (nSPS) is 13.0. The summed E-state index contributed by atoms with van der Waals surface area (Å²) in [7, 11) is 0. The predicted molar refractivity (Wildman–Crippen MR) is 65.8 cm³/mol. The number of fused-ring (bicyclic) bond motifs is 1. The summed E-state index contributed by atoms with van der Waals surface area (Å²) in [5, 5.41) is 11.9. The number of nitrogens with two attached hydrogens (primary N) is 1. The number of halogens is 1. The lowest BCUT2D eigenvalue weighted by molar-refractivity contribution is 0.453. The van der Waals surface area contributed by atoms with Crippen molar-refractivity contribution in [2.45, 2.75) is 12.6 Å².